The van der Waals surface area contributed by atoms with E-state index in [2.05, 4.69) is 71.8 Å². The van der Waals surface area contributed by atoms with Gasteiger partial charge in [0.1, 0.15) is 0 Å². The predicted octanol–water partition coefficient (Wildman–Crippen LogP) is 5.59. The Morgan fingerprint density at radius 1 is 1.13 bits per heavy atom. The molecule has 0 saturated carbocycles. The fourth-order valence-electron chi connectivity index (χ4n) is 5.29. The van der Waals surface area contributed by atoms with Crippen molar-refractivity contribution in [2.24, 2.45) is 5.92 Å². The third-order valence-corrected chi connectivity index (χ3v) is 7.15. The van der Waals surface area contributed by atoms with Crippen LogP contribution in [0.1, 0.15) is 79.4 Å². The Labute approximate surface area is 187 Å². The number of nitrogens with one attached hydrogen (secondary N) is 2. The lowest BCUT2D eigenvalue weighted by Gasteiger charge is -2.40. The van der Waals surface area contributed by atoms with Crippen LogP contribution >= 0.6 is 0 Å². The van der Waals surface area contributed by atoms with Crippen LogP contribution in [0.25, 0.3) is 0 Å². The molecule has 3 atom stereocenters. The van der Waals surface area contributed by atoms with Crippen LogP contribution in [0.3, 0.4) is 0 Å². The van der Waals surface area contributed by atoms with Crippen molar-refractivity contribution in [1.82, 2.24) is 10.2 Å². The number of benzene rings is 2. The minimum Gasteiger partial charge on any atom is -0.378 e. The van der Waals surface area contributed by atoms with E-state index >= 15 is 0 Å². The van der Waals surface area contributed by atoms with E-state index < -0.39 is 0 Å². The fraction of sp³-hybridized carbons (Fsp3) is 0.519. The molecule has 166 valence electrons. The van der Waals surface area contributed by atoms with Crippen LogP contribution in [0.5, 0.6) is 0 Å². The second-order valence-corrected chi connectivity index (χ2v) is 9.23. The van der Waals surface area contributed by atoms with Crippen molar-refractivity contribution in [3.8, 4) is 0 Å². The summed E-state index contributed by atoms with van der Waals surface area (Å²) in [5.74, 6) is 0.971. The van der Waals surface area contributed by atoms with Crippen molar-refractivity contribution >= 4 is 11.6 Å². The molecule has 4 heteroatoms. The lowest BCUT2D eigenvalue weighted by molar-refractivity contribution is 0.0949. The first-order valence-corrected chi connectivity index (χ1v) is 12.1. The quantitative estimate of drug-likeness (QED) is 0.586. The molecule has 0 aromatic heterocycles. The summed E-state index contributed by atoms with van der Waals surface area (Å²) >= 11 is 0. The third-order valence-electron chi connectivity index (χ3n) is 7.15. The van der Waals surface area contributed by atoms with E-state index in [-0.39, 0.29) is 5.91 Å². The molecular formula is C27H37N3O. The van der Waals surface area contributed by atoms with Crippen LogP contribution in [0.4, 0.5) is 5.69 Å². The largest absolute Gasteiger partial charge is 0.378 e. The first-order valence-electron chi connectivity index (χ1n) is 12.1. The number of likely N-dealkylation sites (tertiary alicyclic amines) is 1. The number of fused-ring (bicyclic) bond motifs is 1. The molecule has 2 heterocycles. The van der Waals surface area contributed by atoms with Gasteiger partial charge in [-0.1, -0.05) is 57.0 Å². The molecule has 0 aliphatic carbocycles. The Balaban J connectivity index is 1.49. The Hall–Kier alpha value is -2.33. The Morgan fingerprint density at radius 2 is 1.90 bits per heavy atom. The highest BCUT2D eigenvalue weighted by Gasteiger charge is 2.34. The zero-order valence-corrected chi connectivity index (χ0v) is 19.1. The number of nitrogens with zero attached hydrogens (tertiary/aromatic N) is 1. The summed E-state index contributed by atoms with van der Waals surface area (Å²) in [5, 5.41) is 6.94. The van der Waals surface area contributed by atoms with E-state index in [1.807, 2.05) is 6.07 Å². The van der Waals surface area contributed by atoms with Gasteiger partial charge in [0.25, 0.3) is 5.91 Å². The topological polar surface area (TPSA) is 44.4 Å². The van der Waals surface area contributed by atoms with Crippen molar-refractivity contribution < 1.29 is 4.79 Å². The van der Waals surface area contributed by atoms with Gasteiger partial charge in [0.05, 0.1) is 6.04 Å². The number of hydrogen-bond acceptors (Lipinski definition) is 3. The molecule has 2 aromatic rings. The molecule has 2 aromatic carbocycles. The summed E-state index contributed by atoms with van der Waals surface area (Å²) in [4.78, 5) is 15.2. The number of anilines is 1. The molecule has 0 radical (unpaired) electrons. The number of rotatable bonds is 8. The standard InChI is InChI=1S/C27H37N3O/c1-3-4-12-23-20(2)24-19-22(27(31)28-15-18-30-16-8-9-17-30)13-14-25(24)29-26(23)21-10-6-5-7-11-21/h5-7,10-11,13-14,19-20,23,26,29H,3-4,8-9,12,15-18H2,1-2H3,(H,28,31). The van der Waals surface area contributed by atoms with Gasteiger partial charge in [0.15, 0.2) is 0 Å². The number of amides is 1. The van der Waals surface area contributed by atoms with Gasteiger partial charge in [-0.3, -0.25) is 4.79 Å². The zero-order valence-electron chi connectivity index (χ0n) is 19.1. The smallest absolute Gasteiger partial charge is 0.251 e. The van der Waals surface area contributed by atoms with Crippen molar-refractivity contribution in [1.29, 1.82) is 0 Å². The number of hydrogen-bond donors (Lipinski definition) is 2. The molecule has 0 spiro atoms. The summed E-state index contributed by atoms with van der Waals surface area (Å²) in [6, 6.07) is 17.3. The predicted molar refractivity (Wildman–Crippen MR) is 129 cm³/mol. The molecule has 4 rings (SSSR count). The first-order chi connectivity index (χ1) is 15.2. The molecule has 2 aliphatic heterocycles. The zero-order chi connectivity index (χ0) is 21.6. The van der Waals surface area contributed by atoms with Crippen molar-refractivity contribution in [3.05, 3.63) is 65.2 Å². The second-order valence-electron chi connectivity index (χ2n) is 9.23. The Bertz CT molecular complexity index is 860. The monoisotopic (exact) mass is 419 g/mol. The molecule has 2 N–H and O–H groups in total. The van der Waals surface area contributed by atoms with E-state index in [0.717, 1.165) is 18.7 Å². The lowest BCUT2D eigenvalue weighted by atomic mass is 9.73. The molecule has 1 fully saturated rings. The molecular weight excluding hydrogens is 382 g/mol. The van der Waals surface area contributed by atoms with E-state index in [9.17, 15) is 4.79 Å². The number of carbonyl (C=O) groups excluding carboxylic acids is 1. The van der Waals surface area contributed by atoms with E-state index in [1.54, 1.807) is 0 Å². The van der Waals surface area contributed by atoms with Crippen molar-refractivity contribution in [2.45, 2.75) is 57.9 Å². The lowest BCUT2D eigenvalue weighted by Crippen LogP contribution is -2.34. The number of carbonyl (C=O) groups is 1. The van der Waals surface area contributed by atoms with Crippen LogP contribution < -0.4 is 10.6 Å². The second kappa shape index (κ2) is 10.3. The van der Waals surface area contributed by atoms with Gasteiger partial charge in [-0.05, 0) is 73.5 Å². The van der Waals surface area contributed by atoms with Gasteiger partial charge >= 0.3 is 0 Å². The summed E-state index contributed by atoms with van der Waals surface area (Å²) in [5.41, 5.74) is 4.58. The van der Waals surface area contributed by atoms with E-state index in [1.165, 1.54) is 62.0 Å². The van der Waals surface area contributed by atoms with Gasteiger partial charge in [0.2, 0.25) is 0 Å². The van der Waals surface area contributed by atoms with Gasteiger partial charge in [-0.2, -0.15) is 0 Å². The normalized spacial score (nSPS) is 23.2. The van der Waals surface area contributed by atoms with Gasteiger partial charge < -0.3 is 15.5 Å². The average molecular weight is 420 g/mol. The Kier molecular flexibility index (Phi) is 7.29. The van der Waals surface area contributed by atoms with Crippen LogP contribution in [-0.2, 0) is 0 Å². The third kappa shape index (κ3) is 5.12. The van der Waals surface area contributed by atoms with Crippen LogP contribution in [0.15, 0.2) is 48.5 Å². The molecule has 3 unspecified atom stereocenters. The van der Waals surface area contributed by atoms with E-state index in [4.69, 9.17) is 0 Å². The SMILES string of the molecule is CCCCC1C(C)c2cc(C(=O)NCCN3CCCC3)ccc2NC1c1ccccc1. The van der Waals surface area contributed by atoms with Crippen LogP contribution in [-0.4, -0.2) is 37.0 Å². The van der Waals surface area contributed by atoms with Crippen molar-refractivity contribution in [3.63, 3.8) is 0 Å². The minimum atomic E-state index is 0.0458. The van der Waals surface area contributed by atoms with Gasteiger partial charge in [-0.15, -0.1) is 0 Å². The molecule has 0 bridgehead atoms. The molecule has 4 nitrogen and oxygen atoms in total. The van der Waals surface area contributed by atoms with E-state index in [0.29, 0.717) is 17.9 Å². The summed E-state index contributed by atoms with van der Waals surface area (Å²) < 4.78 is 0. The molecule has 1 saturated heterocycles. The highest BCUT2D eigenvalue weighted by Crippen LogP contribution is 2.46. The molecule has 31 heavy (non-hydrogen) atoms. The molecule has 1 amide bonds. The molecule has 2 aliphatic rings. The fourth-order valence-corrected chi connectivity index (χ4v) is 5.29. The summed E-state index contributed by atoms with van der Waals surface area (Å²) in [6.07, 6.45) is 6.19. The van der Waals surface area contributed by atoms with Crippen LogP contribution in [0.2, 0.25) is 0 Å². The van der Waals surface area contributed by atoms with Gasteiger partial charge in [0, 0.05) is 24.3 Å². The average Bonchev–Trinajstić information content (AvgIpc) is 3.32. The highest BCUT2D eigenvalue weighted by molar-refractivity contribution is 5.95. The number of unbranched alkanes of at least 4 members (excludes halogenated alkanes) is 1. The van der Waals surface area contributed by atoms with Gasteiger partial charge in [-0.25, -0.2) is 0 Å². The highest BCUT2D eigenvalue weighted by atomic mass is 16.1. The Morgan fingerprint density at radius 3 is 2.65 bits per heavy atom. The first kappa shape index (κ1) is 21.9. The summed E-state index contributed by atoms with van der Waals surface area (Å²) in [7, 11) is 0. The minimum absolute atomic E-state index is 0.0458. The van der Waals surface area contributed by atoms with Crippen LogP contribution in [0, 0.1) is 5.92 Å². The van der Waals surface area contributed by atoms with Crippen molar-refractivity contribution in [2.75, 3.05) is 31.5 Å². The maximum absolute atomic E-state index is 12.8. The maximum atomic E-state index is 12.8. The maximum Gasteiger partial charge on any atom is 0.251 e. The summed E-state index contributed by atoms with van der Waals surface area (Å²) in [6.45, 7) is 8.60.